The van der Waals surface area contributed by atoms with E-state index in [2.05, 4.69) is 62.5 Å². The molecule has 1 saturated heterocycles. The van der Waals surface area contributed by atoms with Crippen LogP contribution in [0.5, 0.6) is 0 Å². The van der Waals surface area contributed by atoms with Crippen LogP contribution >= 0.6 is 0 Å². The second-order valence-electron chi connectivity index (χ2n) is 16.2. The van der Waals surface area contributed by atoms with E-state index in [4.69, 9.17) is 14.2 Å². The molecule has 2 atom stereocenters. The summed E-state index contributed by atoms with van der Waals surface area (Å²) in [4.78, 5) is 39.7. The molecule has 1 amide bonds. The van der Waals surface area contributed by atoms with Gasteiger partial charge in [0, 0.05) is 37.8 Å². The number of ether oxygens (including phenoxy) is 3. The average molecular weight is 756 g/mol. The molecule has 1 heterocycles. The van der Waals surface area contributed by atoms with Crippen LogP contribution in [0.2, 0.25) is 0 Å². The lowest BCUT2D eigenvalue weighted by molar-refractivity contribution is -0.149. The Kier molecular flexibility index (Phi) is 30.5. The third-order valence-electron chi connectivity index (χ3n) is 9.81. The summed E-state index contributed by atoms with van der Waals surface area (Å²) in [5.41, 5.74) is -0.604. The van der Waals surface area contributed by atoms with Crippen LogP contribution in [0.1, 0.15) is 189 Å². The first-order valence-corrected chi connectivity index (χ1v) is 22.0. The van der Waals surface area contributed by atoms with E-state index < -0.39 is 5.60 Å². The molecule has 0 aromatic carbocycles. The normalized spacial score (nSPS) is 16.4. The van der Waals surface area contributed by atoms with E-state index in [1.54, 1.807) is 4.90 Å². The van der Waals surface area contributed by atoms with Gasteiger partial charge in [0.2, 0.25) is 0 Å². The van der Waals surface area contributed by atoms with E-state index in [1.165, 1.54) is 77.0 Å². The molecule has 310 valence electrons. The van der Waals surface area contributed by atoms with Crippen molar-refractivity contribution in [1.82, 2.24) is 4.90 Å². The topological polar surface area (TPSA) is 82.1 Å². The van der Waals surface area contributed by atoms with Gasteiger partial charge in [-0.15, -0.1) is 0 Å². The highest BCUT2D eigenvalue weighted by Crippen LogP contribution is 2.27. The minimum atomic E-state index is -0.604. The fraction of sp³-hybridized carbons (Fsp3) is 0.766. The Morgan fingerprint density at radius 2 is 0.870 bits per heavy atom. The van der Waals surface area contributed by atoms with Gasteiger partial charge < -0.3 is 19.1 Å². The maximum atomic E-state index is 12.8. The highest BCUT2D eigenvalue weighted by Gasteiger charge is 2.38. The lowest BCUT2D eigenvalue weighted by atomic mass is 9.98. The van der Waals surface area contributed by atoms with Crippen LogP contribution in [-0.4, -0.2) is 54.8 Å². The first kappa shape index (κ1) is 49.2. The lowest BCUT2D eigenvalue weighted by Crippen LogP contribution is -2.35. The molecule has 54 heavy (non-hydrogen) atoms. The summed E-state index contributed by atoms with van der Waals surface area (Å²) in [7, 11) is 0. The summed E-state index contributed by atoms with van der Waals surface area (Å²) in [6.45, 7) is 11.3. The molecule has 0 aromatic heterocycles. The Morgan fingerprint density at radius 1 is 0.519 bits per heavy atom. The Balaban J connectivity index is 2.28. The number of hydrogen-bond acceptors (Lipinski definition) is 6. The quantitative estimate of drug-likeness (QED) is 0.0294. The van der Waals surface area contributed by atoms with Crippen LogP contribution in [0.4, 0.5) is 4.79 Å². The molecule has 0 N–H and O–H groups in total. The van der Waals surface area contributed by atoms with E-state index in [9.17, 15) is 14.4 Å². The van der Waals surface area contributed by atoms with Crippen molar-refractivity contribution in [1.29, 1.82) is 0 Å². The van der Waals surface area contributed by atoms with Gasteiger partial charge >= 0.3 is 18.0 Å². The summed E-state index contributed by atoms with van der Waals surface area (Å²) in [6.07, 6.45) is 43.7. The minimum Gasteiger partial charge on any atom is -0.465 e. The zero-order valence-corrected chi connectivity index (χ0v) is 35.5. The fourth-order valence-electron chi connectivity index (χ4n) is 6.50. The van der Waals surface area contributed by atoms with Crippen molar-refractivity contribution >= 4 is 18.0 Å². The number of esters is 2. The summed E-state index contributed by atoms with van der Waals surface area (Å²) < 4.78 is 17.0. The molecule has 1 aliphatic rings. The summed E-state index contributed by atoms with van der Waals surface area (Å²) in [5.74, 6) is -0.605. The van der Waals surface area contributed by atoms with Crippen molar-refractivity contribution in [2.24, 2.45) is 11.8 Å². The van der Waals surface area contributed by atoms with Crippen molar-refractivity contribution in [3.63, 3.8) is 0 Å². The molecule has 0 aliphatic carbocycles. The molecule has 7 nitrogen and oxygen atoms in total. The van der Waals surface area contributed by atoms with E-state index in [-0.39, 0.29) is 43.1 Å². The summed E-state index contributed by atoms with van der Waals surface area (Å²) in [5, 5.41) is 0. The first-order valence-electron chi connectivity index (χ1n) is 22.0. The third-order valence-corrected chi connectivity index (χ3v) is 9.81. The van der Waals surface area contributed by atoms with Crippen molar-refractivity contribution in [2.45, 2.75) is 194 Å². The molecule has 0 aromatic rings. The van der Waals surface area contributed by atoms with Gasteiger partial charge in [0.25, 0.3) is 0 Å². The van der Waals surface area contributed by atoms with Crippen LogP contribution in [0, 0.1) is 11.8 Å². The molecule has 7 heteroatoms. The van der Waals surface area contributed by atoms with Gasteiger partial charge in [0.05, 0.1) is 13.2 Å². The second-order valence-corrected chi connectivity index (χ2v) is 16.2. The van der Waals surface area contributed by atoms with Gasteiger partial charge in [0.15, 0.2) is 0 Å². The monoisotopic (exact) mass is 756 g/mol. The fourth-order valence-corrected chi connectivity index (χ4v) is 6.50. The molecular weight excluding hydrogens is 675 g/mol. The van der Waals surface area contributed by atoms with E-state index in [0.29, 0.717) is 25.9 Å². The van der Waals surface area contributed by atoms with Gasteiger partial charge in [-0.25, -0.2) is 4.79 Å². The highest BCUT2D eigenvalue weighted by molar-refractivity contribution is 5.70. The molecule has 0 saturated carbocycles. The Labute approximate surface area is 331 Å². The third kappa shape index (κ3) is 29.5. The van der Waals surface area contributed by atoms with Crippen molar-refractivity contribution in [3.05, 3.63) is 48.6 Å². The number of rotatable bonds is 32. The van der Waals surface area contributed by atoms with E-state index in [1.807, 2.05) is 20.8 Å². The molecule has 1 fully saturated rings. The molecule has 1 rings (SSSR count). The predicted octanol–water partition coefficient (Wildman–Crippen LogP) is 13.2. The van der Waals surface area contributed by atoms with Crippen LogP contribution in [0.15, 0.2) is 48.6 Å². The Bertz CT molecular complexity index is 1000. The largest absolute Gasteiger partial charge is 0.465 e. The lowest BCUT2D eigenvalue weighted by Gasteiger charge is -2.24. The van der Waals surface area contributed by atoms with Crippen molar-refractivity contribution in [3.8, 4) is 0 Å². The highest BCUT2D eigenvalue weighted by atomic mass is 16.6. The van der Waals surface area contributed by atoms with Gasteiger partial charge in [-0.3, -0.25) is 9.59 Å². The Morgan fingerprint density at radius 3 is 1.24 bits per heavy atom. The molecule has 0 bridgehead atoms. The van der Waals surface area contributed by atoms with Crippen LogP contribution in [-0.2, 0) is 23.8 Å². The number of amides is 1. The van der Waals surface area contributed by atoms with Crippen molar-refractivity contribution < 1.29 is 28.6 Å². The first-order chi connectivity index (χ1) is 26.2. The molecular formula is C47H81NO6. The average Bonchev–Trinajstić information content (AvgIpc) is 3.55. The van der Waals surface area contributed by atoms with Crippen LogP contribution in [0.25, 0.3) is 0 Å². The number of unbranched alkanes of at least 4 members (excludes halogenated alkanes) is 16. The summed E-state index contributed by atoms with van der Waals surface area (Å²) in [6, 6.07) is 0. The maximum Gasteiger partial charge on any atom is 0.410 e. The number of allylic oxidation sites excluding steroid dienone is 8. The van der Waals surface area contributed by atoms with E-state index >= 15 is 0 Å². The standard InChI is InChI=1S/C47H81NO6/c1-6-8-10-12-14-16-18-20-22-24-26-28-30-32-34-36-44(49)52-40-42-38-48(46(51)54-47(3,4)5)39-43(42)41-53-45(50)37-35-33-31-29-27-25-23-21-19-17-15-13-11-9-7-2/h14-17,20-23,42-43H,6-13,18-19,24-41H2,1-5H3/b16-14-,17-15-,22-20-,23-21-/t42-,43-/m1/s1. The van der Waals surface area contributed by atoms with Crippen molar-refractivity contribution in [2.75, 3.05) is 26.3 Å². The second kappa shape index (κ2) is 33.5. The smallest absolute Gasteiger partial charge is 0.410 e. The number of likely N-dealkylation sites (tertiary alicyclic amines) is 1. The van der Waals surface area contributed by atoms with Crippen LogP contribution < -0.4 is 0 Å². The van der Waals surface area contributed by atoms with Gasteiger partial charge in [-0.05, 0) is 97.8 Å². The summed E-state index contributed by atoms with van der Waals surface area (Å²) >= 11 is 0. The predicted molar refractivity (Wildman–Crippen MR) is 225 cm³/mol. The SMILES string of the molecule is CCCCC/C=C\C/C=C\CCCCCCCC(=O)OC[C@H]1CN(C(=O)OC(C)(C)C)C[C@@H]1COC(=O)CCCCCCC/C=C\C/C=C\CCCCC. The van der Waals surface area contributed by atoms with Crippen LogP contribution in [0.3, 0.4) is 0 Å². The molecule has 0 unspecified atom stereocenters. The number of carbonyl (C=O) groups excluding carboxylic acids is 3. The number of nitrogens with zero attached hydrogens (tertiary/aromatic N) is 1. The zero-order chi connectivity index (χ0) is 39.5. The number of carbonyl (C=O) groups is 3. The zero-order valence-electron chi connectivity index (χ0n) is 35.5. The van der Waals surface area contributed by atoms with Gasteiger partial charge in [-0.1, -0.05) is 127 Å². The maximum absolute atomic E-state index is 12.8. The molecule has 1 aliphatic heterocycles. The molecule has 0 spiro atoms. The van der Waals surface area contributed by atoms with Gasteiger partial charge in [-0.2, -0.15) is 0 Å². The minimum absolute atomic E-state index is 0.102. The van der Waals surface area contributed by atoms with Gasteiger partial charge in [0.1, 0.15) is 5.60 Å². The number of hydrogen-bond donors (Lipinski definition) is 0. The Hall–Kier alpha value is -2.83. The van der Waals surface area contributed by atoms with E-state index in [0.717, 1.165) is 64.2 Å². The molecule has 0 radical (unpaired) electrons.